The molecule has 58 valence electrons. The number of aryl methyl sites for hydroxylation is 1. The number of carbonyl (C=O) groups excluding carboxylic acids is 1. The minimum absolute atomic E-state index is 0.620. The molecule has 0 aliphatic carbocycles. The summed E-state index contributed by atoms with van der Waals surface area (Å²) in [6, 6.07) is 0. The molecular weight excluding hydrogens is 140 g/mol. The third kappa shape index (κ3) is 2.89. The Labute approximate surface area is 65.5 Å². The molecule has 3 nitrogen and oxygen atoms in total. The smallest absolute Gasteiger partial charge is 0.120 e. The first kappa shape index (κ1) is 7.85. The van der Waals surface area contributed by atoms with Crippen LogP contribution in [0.3, 0.4) is 0 Å². The highest BCUT2D eigenvalue weighted by molar-refractivity contribution is 5.49. The first-order chi connectivity index (χ1) is 5.43. The molecule has 1 heterocycles. The van der Waals surface area contributed by atoms with Gasteiger partial charge in [0.2, 0.25) is 0 Å². The summed E-state index contributed by atoms with van der Waals surface area (Å²) in [5, 5.41) is 0. The van der Waals surface area contributed by atoms with Crippen molar-refractivity contribution < 1.29 is 4.79 Å². The van der Waals surface area contributed by atoms with Crippen LogP contribution < -0.4 is 0 Å². The Balaban J connectivity index is 2.33. The fourth-order valence-electron chi connectivity index (χ4n) is 0.849. The number of aromatic nitrogens is 2. The predicted octanol–water partition coefficient (Wildman–Crippen LogP) is 0.998. The van der Waals surface area contributed by atoms with E-state index < -0.39 is 0 Å². The van der Waals surface area contributed by atoms with Crippen molar-refractivity contribution in [1.82, 2.24) is 9.97 Å². The van der Waals surface area contributed by atoms with Gasteiger partial charge in [0.1, 0.15) is 12.6 Å². The molecule has 11 heavy (non-hydrogen) atoms. The first-order valence-corrected chi connectivity index (χ1v) is 3.61. The lowest BCUT2D eigenvalue weighted by Gasteiger charge is -1.94. The van der Waals surface area contributed by atoms with Crippen LogP contribution in [0.1, 0.15) is 18.4 Å². The van der Waals surface area contributed by atoms with Gasteiger partial charge in [-0.15, -0.1) is 0 Å². The first-order valence-electron chi connectivity index (χ1n) is 3.61. The summed E-state index contributed by atoms with van der Waals surface area (Å²) in [5.74, 6) is 0. The topological polar surface area (TPSA) is 42.9 Å². The molecule has 1 aromatic rings. The highest BCUT2D eigenvalue weighted by Gasteiger charge is 1.91. The summed E-state index contributed by atoms with van der Waals surface area (Å²) in [7, 11) is 0. The van der Waals surface area contributed by atoms with Crippen LogP contribution >= 0.6 is 0 Å². The van der Waals surface area contributed by atoms with Crippen molar-refractivity contribution >= 4 is 6.29 Å². The van der Waals surface area contributed by atoms with E-state index in [1.807, 2.05) is 0 Å². The third-order valence-corrected chi connectivity index (χ3v) is 1.40. The van der Waals surface area contributed by atoms with Gasteiger partial charge in [-0.25, -0.2) is 9.97 Å². The Hall–Kier alpha value is -1.25. The van der Waals surface area contributed by atoms with E-state index in [1.54, 1.807) is 12.4 Å². The zero-order valence-electron chi connectivity index (χ0n) is 6.23. The van der Waals surface area contributed by atoms with Gasteiger partial charge in [-0.2, -0.15) is 0 Å². The standard InChI is InChI=1S/C8H10N2O/c11-4-2-1-3-8-5-9-7-10-6-8/h4-7H,1-3H2. The quantitative estimate of drug-likeness (QED) is 0.475. The fourth-order valence-corrected chi connectivity index (χ4v) is 0.849. The largest absolute Gasteiger partial charge is 0.303 e. The van der Waals surface area contributed by atoms with Gasteiger partial charge in [0, 0.05) is 18.8 Å². The number of aldehydes is 1. The van der Waals surface area contributed by atoms with Crippen LogP contribution in [0, 0.1) is 0 Å². The molecule has 0 radical (unpaired) electrons. The zero-order valence-corrected chi connectivity index (χ0v) is 6.23. The second-order valence-corrected chi connectivity index (χ2v) is 2.31. The van der Waals surface area contributed by atoms with Crippen LogP contribution in [0.15, 0.2) is 18.7 Å². The molecule has 0 aliphatic heterocycles. The zero-order chi connectivity index (χ0) is 7.94. The molecule has 0 saturated carbocycles. The lowest BCUT2D eigenvalue weighted by atomic mass is 10.1. The van der Waals surface area contributed by atoms with Gasteiger partial charge in [0.15, 0.2) is 0 Å². The van der Waals surface area contributed by atoms with Gasteiger partial charge in [-0.1, -0.05) is 0 Å². The van der Waals surface area contributed by atoms with Crippen molar-refractivity contribution in [2.45, 2.75) is 19.3 Å². The fraction of sp³-hybridized carbons (Fsp3) is 0.375. The number of unbranched alkanes of at least 4 members (excludes halogenated alkanes) is 1. The normalized spacial score (nSPS) is 9.45. The minimum atomic E-state index is 0.620. The lowest BCUT2D eigenvalue weighted by molar-refractivity contribution is -0.107. The Morgan fingerprint density at radius 2 is 2.09 bits per heavy atom. The SMILES string of the molecule is O=CCCCc1cncnc1. The van der Waals surface area contributed by atoms with Crippen molar-refractivity contribution in [3.63, 3.8) is 0 Å². The molecule has 0 aromatic carbocycles. The molecule has 0 aliphatic rings. The summed E-state index contributed by atoms with van der Waals surface area (Å²) in [6.07, 6.45) is 8.38. The Morgan fingerprint density at radius 1 is 1.36 bits per heavy atom. The van der Waals surface area contributed by atoms with Gasteiger partial charge in [0.05, 0.1) is 0 Å². The maximum Gasteiger partial charge on any atom is 0.120 e. The summed E-state index contributed by atoms with van der Waals surface area (Å²) in [4.78, 5) is 17.7. The predicted molar refractivity (Wildman–Crippen MR) is 41.0 cm³/mol. The van der Waals surface area contributed by atoms with Gasteiger partial charge >= 0.3 is 0 Å². The van der Waals surface area contributed by atoms with Crippen LogP contribution in [0.25, 0.3) is 0 Å². The highest BCUT2D eigenvalue weighted by Crippen LogP contribution is 1.99. The second kappa shape index (κ2) is 4.55. The molecule has 1 rings (SSSR count). The molecule has 0 saturated heterocycles. The van der Waals surface area contributed by atoms with E-state index in [0.29, 0.717) is 6.42 Å². The monoisotopic (exact) mass is 150 g/mol. The van der Waals surface area contributed by atoms with Gasteiger partial charge in [-0.3, -0.25) is 0 Å². The van der Waals surface area contributed by atoms with E-state index in [4.69, 9.17) is 0 Å². The van der Waals surface area contributed by atoms with Crippen LogP contribution in [-0.2, 0) is 11.2 Å². The van der Waals surface area contributed by atoms with Crippen molar-refractivity contribution in [1.29, 1.82) is 0 Å². The lowest BCUT2D eigenvalue weighted by Crippen LogP contribution is -1.88. The molecule has 0 spiro atoms. The highest BCUT2D eigenvalue weighted by atomic mass is 16.1. The van der Waals surface area contributed by atoms with E-state index in [2.05, 4.69) is 9.97 Å². The van der Waals surface area contributed by atoms with Crippen molar-refractivity contribution in [3.05, 3.63) is 24.3 Å². The number of carbonyl (C=O) groups is 1. The summed E-state index contributed by atoms with van der Waals surface area (Å²) >= 11 is 0. The van der Waals surface area contributed by atoms with Crippen LogP contribution in [0.2, 0.25) is 0 Å². The number of rotatable bonds is 4. The average Bonchev–Trinajstić information content (AvgIpc) is 2.07. The Kier molecular flexibility index (Phi) is 3.25. The van der Waals surface area contributed by atoms with E-state index >= 15 is 0 Å². The summed E-state index contributed by atoms with van der Waals surface area (Å²) in [6.45, 7) is 0. The number of hydrogen-bond donors (Lipinski definition) is 0. The molecule has 0 amide bonds. The van der Waals surface area contributed by atoms with Crippen molar-refractivity contribution in [2.24, 2.45) is 0 Å². The van der Waals surface area contributed by atoms with Gasteiger partial charge in [0.25, 0.3) is 0 Å². The molecule has 0 bridgehead atoms. The van der Waals surface area contributed by atoms with E-state index in [9.17, 15) is 4.79 Å². The molecule has 0 atom stereocenters. The molecule has 3 heteroatoms. The molecule has 1 aromatic heterocycles. The second-order valence-electron chi connectivity index (χ2n) is 2.31. The molecule has 0 unspecified atom stereocenters. The average molecular weight is 150 g/mol. The summed E-state index contributed by atoms with van der Waals surface area (Å²) < 4.78 is 0. The van der Waals surface area contributed by atoms with Crippen LogP contribution in [0.5, 0.6) is 0 Å². The molecule has 0 fully saturated rings. The van der Waals surface area contributed by atoms with Gasteiger partial charge < -0.3 is 4.79 Å². The van der Waals surface area contributed by atoms with Crippen LogP contribution in [-0.4, -0.2) is 16.3 Å². The molecular formula is C8H10N2O. The maximum absolute atomic E-state index is 9.96. The third-order valence-electron chi connectivity index (χ3n) is 1.40. The van der Waals surface area contributed by atoms with Crippen molar-refractivity contribution in [3.8, 4) is 0 Å². The maximum atomic E-state index is 9.96. The Morgan fingerprint density at radius 3 is 2.73 bits per heavy atom. The van der Waals surface area contributed by atoms with Crippen molar-refractivity contribution in [2.75, 3.05) is 0 Å². The summed E-state index contributed by atoms with van der Waals surface area (Å²) in [5.41, 5.74) is 1.09. The van der Waals surface area contributed by atoms with E-state index in [-0.39, 0.29) is 0 Å². The Bertz CT molecular complexity index is 211. The molecule has 0 N–H and O–H groups in total. The number of hydrogen-bond acceptors (Lipinski definition) is 3. The van der Waals surface area contributed by atoms with E-state index in [0.717, 1.165) is 24.7 Å². The van der Waals surface area contributed by atoms with Gasteiger partial charge in [-0.05, 0) is 18.4 Å². The number of nitrogens with zero attached hydrogens (tertiary/aromatic N) is 2. The van der Waals surface area contributed by atoms with E-state index in [1.165, 1.54) is 6.33 Å². The van der Waals surface area contributed by atoms with Crippen LogP contribution in [0.4, 0.5) is 0 Å². The minimum Gasteiger partial charge on any atom is -0.303 e.